The lowest BCUT2D eigenvalue weighted by atomic mass is 10.2. The Hall–Kier alpha value is -2.68. The first kappa shape index (κ1) is 15.7. The molecule has 4 N–H and O–H groups in total. The molecule has 1 amide bonds. The second-order valence-corrected chi connectivity index (χ2v) is 5.57. The van der Waals surface area contributed by atoms with E-state index in [9.17, 15) is 9.59 Å². The van der Waals surface area contributed by atoms with Gasteiger partial charge in [0.05, 0.1) is 10.8 Å². The van der Waals surface area contributed by atoms with Crippen molar-refractivity contribution in [3.05, 3.63) is 36.2 Å². The number of carbonyl (C=O) groups excluding carboxylic acids is 1. The lowest BCUT2D eigenvalue weighted by molar-refractivity contribution is -0.115. The van der Waals surface area contributed by atoms with E-state index in [0.29, 0.717) is 10.8 Å². The zero-order chi connectivity index (χ0) is 16.1. The van der Waals surface area contributed by atoms with Crippen LogP contribution in [0.3, 0.4) is 0 Å². The number of nitrogens with zero attached hydrogens (tertiary/aromatic N) is 3. The quantitative estimate of drug-likeness (QED) is 0.702. The van der Waals surface area contributed by atoms with E-state index in [4.69, 9.17) is 10.8 Å². The molecular formula is C13H13N5O3S. The van der Waals surface area contributed by atoms with Gasteiger partial charge in [-0.1, -0.05) is 11.8 Å². The minimum Gasteiger partial charge on any atom is -0.478 e. The van der Waals surface area contributed by atoms with Crippen LogP contribution < -0.4 is 11.1 Å². The Morgan fingerprint density at radius 2 is 1.95 bits per heavy atom. The Balaban J connectivity index is 1.97. The third-order valence-corrected chi connectivity index (χ3v) is 3.59. The van der Waals surface area contributed by atoms with E-state index in [2.05, 4.69) is 20.3 Å². The molecule has 2 aromatic rings. The number of carboxylic acids is 1. The molecule has 1 heterocycles. The van der Waals surface area contributed by atoms with Crippen molar-refractivity contribution in [1.82, 2.24) is 15.0 Å². The molecule has 0 saturated carbocycles. The van der Waals surface area contributed by atoms with Gasteiger partial charge in [-0.05, 0) is 31.2 Å². The van der Waals surface area contributed by atoms with Crippen LogP contribution in [0.2, 0.25) is 0 Å². The maximum atomic E-state index is 12.1. The molecule has 1 aromatic carbocycles. The molecule has 22 heavy (non-hydrogen) atoms. The average Bonchev–Trinajstić information content (AvgIpc) is 2.47. The number of hydrogen-bond donors (Lipinski definition) is 3. The van der Waals surface area contributed by atoms with Gasteiger partial charge in [-0.2, -0.15) is 4.98 Å². The van der Waals surface area contributed by atoms with Crippen molar-refractivity contribution in [1.29, 1.82) is 0 Å². The summed E-state index contributed by atoms with van der Waals surface area (Å²) in [6.45, 7) is 1.70. The molecule has 114 valence electrons. The summed E-state index contributed by atoms with van der Waals surface area (Å²) in [6.07, 6.45) is 1.28. The normalized spacial score (nSPS) is 11.7. The summed E-state index contributed by atoms with van der Waals surface area (Å²) in [7, 11) is 0. The summed E-state index contributed by atoms with van der Waals surface area (Å²) in [5.74, 6) is -1.18. The van der Waals surface area contributed by atoms with E-state index in [1.54, 1.807) is 6.92 Å². The van der Waals surface area contributed by atoms with Crippen LogP contribution in [0, 0.1) is 0 Å². The van der Waals surface area contributed by atoms with Crippen LogP contribution in [-0.4, -0.2) is 37.2 Å². The van der Waals surface area contributed by atoms with Gasteiger partial charge < -0.3 is 16.2 Å². The van der Waals surface area contributed by atoms with Crippen molar-refractivity contribution < 1.29 is 14.7 Å². The van der Waals surface area contributed by atoms with Crippen molar-refractivity contribution in [2.75, 3.05) is 11.1 Å². The van der Waals surface area contributed by atoms with Crippen molar-refractivity contribution in [2.45, 2.75) is 17.3 Å². The van der Waals surface area contributed by atoms with Crippen LogP contribution in [0.4, 0.5) is 11.6 Å². The summed E-state index contributed by atoms with van der Waals surface area (Å²) < 4.78 is 0. The maximum Gasteiger partial charge on any atom is 0.335 e. The van der Waals surface area contributed by atoms with Crippen molar-refractivity contribution >= 4 is 35.3 Å². The topological polar surface area (TPSA) is 131 Å². The molecule has 2 rings (SSSR count). The first-order valence-corrected chi connectivity index (χ1v) is 7.09. The predicted octanol–water partition coefficient (Wildman–Crippen LogP) is 1.27. The monoisotopic (exact) mass is 319 g/mol. The number of aromatic nitrogens is 3. The molecule has 1 unspecified atom stereocenters. The van der Waals surface area contributed by atoms with Crippen LogP contribution in [0.5, 0.6) is 0 Å². The molecule has 0 saturated heterocycles. The molecule has 8 nitrogen and oxygen atoms in total. The first-order chi connectivity index (χ1) is 10.5. The van der Waals surface area contributed by atoms with Crippen LogP contribution in [0.15, 0.2) is 35.7 Å². The van der Waals surface area contributed by atoms with E-state index in [-0.39, 0.29) is 17.4 Å². The van der Waals surface area contributed by atoms with Gasteiger partial charge in [0.15, 0.2) is 5.16 Å². The van der Waals surface area contributed by atoms with Gasteiger partial charge in [0.1, 0.15) is 6.33 Å². The average molecular weight is 319 g/mol. The van der Waals surface area contributed by atoms with Gasteiger partial charge in [0.25, 0.3) is 0 Å². The molecule has 0 aliphatic rings. The molecule has 0 aliphatic heterocycles. The van der Waals surface area contributed by atoms with Crippen LogP contribution >= 0.6 is 11.8 Å². The SMILES string of the molecule is CC(Sc1ncnc(N)n1)C(=O)Nc1ccc(C(=O)O)cc1. The first-order valence-electron chi connectivity index (χ1n) is 6.21. The summed E-state index contributed by atoms with van der Waals surface area (Å²) in [5.41, 5.74) is 6.11. The predicted molar refractivity (Wildman–Crippen MR) is 81.6 cm³/mol. The Morgan fingerprint density at radius 3 is 2.55 bits per heavy atom. The van der Waals surface area contributed by atoms with Crippen molar-refractivity contribution in [3.8, 4) is 0 Å². The van der Waals surface area contributed by atoms with Crippen LogP contribution in [0.1, 0.15) is 17.3 Å². The number of nitrogens with two attached hydrogens (primary N) is 1. The van der Waals surface area contributed by atoms with Gasteiger partial charge in [-0.15, -0.1) is 0 Å². The van der Waals surface area contributed by atoms with Crippen molar-refractivity contribution in [2.24, 2.45) is 0 Å². The van der Waals surface area contributed by atoms with Gasteiger partial charge in [-0.3, -0.25) is 4.79 Å². The molecule has 0 fully saturated rings. The number of thioether (sulfide) groups is 1. The smallest absolute Gasteiger partial charge is 0.335 e. The minimum absolute atomic E-state index is 0.0920. The number of aromatic carboxylic acids is 1. The lowest BCUT2D eigenvalue weighted by Gasteiger charge is -2.11. The van der Waals surface area contributed by atoms with Crippen LogP contribution in [-0.2, 0) is 4.79 Å². The molecule has 9 heteroatoms. The maximum absolute atomic E-state index is 12.1. The summed E-state index contributed by atoms with van der Waals surface area (Å²) in [4.78, 5) is 34.3. The fraction of sp³-hybridized carbons (Fsp3) is 0.154. The van der Waals surface area contributed by atoms with E-state index < -0.39 is 11.2 Å². The second kappa shape index (κ2) is 6.85. The summed E-state index contributed by atoms with van der Waals surface area (Å²) >= 11 is 1.14. The molecule has 1 atom stereocenters. The van der Waals surface area contributed by atoms with E-state index in [1.165, 1.54) is 30.6 Å². The number of anilines is 2. The van der Waals surface area contributed by atoms with E-state index >= 15 is 0 Å². The number of nitrogen functional groups attached to an aromatic ring is 1. The number of rotatable bonds is 5. The number of benzene rings is 1. The lowest BCUT2D eigenvalue weighted by Crippen LogP contribution is -2.22. The standard InChI is InChI=1S/C13H13N5O3S/c1-7(22-13-16-6-15-12(14)18-13)10(19)17-9-4-2-8(3-5-9)11(20)21/h2-7H,1H3,(H,17,19)(H,20,21)(H2,14,15,16,18). The zero-order valence-corrected chi connectivity index (χ0v) is 12.4. The molecule has 1 aromatic heterocycles. The molecular weight excluding hydrogens is 306 g/mol. The largest absolute Gasteiger partial charge is 0.478 e. The van der Waals surface area contributed by atoms with Crippen molar-refractivity contribution in [3.63, 3.8) is 0 Å². The Kier molecular flexibility index (Phi) is 4.89. The van der Waals surface area contributed by atoms with E-state index in [1.807, 2.05) is 0 Å². The Labute approximate surface area is 130 Å². The fourth-order valence-electron chi connectivity index (χ4n) is 1.50. The highest BCUT2D eigenvalue weighted by Gasteiger charge is 2.16. The summed E-state index contributed by atoms with van der Waals surface area (Å²) in [6, 6.07) is 5.89. The van der Waals surface area contributed by atoms with E-state index in [0.717, 1.165) is 11.8 Å². The Bertz CT molecular complexity index is 692. The number of nitrogens with one attached hydrogen (secondary N) is 1. The third-order valence-electron chi connectivity index (χ3n) is 2.62. The number of amides is 1. The van der Waals surface area contributed by atoms with Gasteiger partial charge in [-0.25, -0.2) is 14.8 Å². The highest BCUT2D eigenvalue weighted by atomic mass is 32.2. The molecule has 0 spiro atoms. The highest BCUT2D eigenvalue weighted by Crippen LogP contribution is 2.20. The van der Waals surface area contributed by atoms with Crippen LogP contribution in [0.25, 0.3) is 0 Å². The number of carboxylic acid groups (broad SMARTS) is 1. The summed E-state index contributed by atoms with van der Waals surface area (Å²) in [5, 5.41) is 11.4. The molecule has 0 bridgehead atoms. The zero-order valence-electron chi connectivity index (χ0n) is 11.6. The highest BCUT2D eigenvalue weighted by molar-refractivity contribution is 8.00. The van der Waals surface area contributed by atoms with Gasteiger partial charge in [0.2, 0.25) is 11.9 Å². The second-order valence-electron chi connectivity index (χ2n) is 4.26. The minimum atomic E-state index is -1.02. The molecule has 0 radical (unpaired) electrons. The Morgan fingerprint density at radius 1 is 1.27 bits per heavy atom. The molecule has 0 aliphatic carbocycles. The van der Waals surface area contributed by atoms with Gasteiger partial charge in [0, 0.05) is 5.69 Å². The van der Waals surface area contributed by atoms with Gasteiger partial charge >= 0.3 is 5.97 Å². The number of carbonyl (C=O) groups is 2. The number of hydrogen-bond acceptors (Lipinski definition) is 7. The third kappa shape index (κ3) is 4.16. The fourth-order valence-corrected chi connectivity index (χ4v) is 2.24.